The molecule has 0 aromatic heterocycles. The van der Waals surface area contributed by atoms with Gasteiger partial charge in [0.2, 0.25) is 0 Å². The van der Waals surface area contributed by atoms with Gasteiger partial charge >= 0.3 is 6.03 Å². The van der Waals surface area contributed by atoms with Crippen molar-refractivity contribution in [1.29, 1.82) is 0 Å². The van der Waals surface area contributed by atoms with Crippen LogP contribution in [0.4, 0.5) is 14.9 Å². The standard InChI is InChI=1S/C24H32FN3O4Si/c1-32-15-16-5-7-17(8-6-16)22(27-24(31)28-12-11-19(29)14-28)23(30)26-18-9-10-21(20(25)13-18)33(2,3)4/h5-10,13,19,22,29H,11-12,14-15H2,1-4H3,(H,26,30)(H,27,31)/t19-,22-/m1/s1. The van der Waals surface area contributed by atoms with E-state index < -0.39 is 32.2 Å². The Labute approximate surface area is 194 Å². The molecule has 2 aromatic carbocycles. The van der Waals surface area contributed by atoms with E-state index in [0.717, 1.165) is 5.56 Å². The van der Waals surface area contributed by atoms with E-state index in [-0.39, 0.29) is 12.4 Å². The highest BCUT2D eigenvalue weighted by molar-refractivity contribution is 6.88. The summed E-state index contributed by atoms with van der Waals surface area (Å²) in [5, 5.41) is 15.9. The first-order chi connectivity index (χ1) is 15.6. The van der Waals surface area contributed by atoms with Gasteiger partial charge in [0.15, 0.2) is 0 Å². The van der Waals surface area contributed by atoms with Crippen molar-refractivity contribution in [2.75, 3.05) is 25.5 Å². The lowest BCUT2D eigenvalue weighted by Gasteiger charge is -2.24. The second-order valence-electron chi connectivity index (χ2n) is 9.38. The van der Waals surface area contributed by atoms with Crippen molar-refractivity contribution >= 4 is 30.9 Å². The number of halogens is 1. The fourth-order valence-electron chi connectivity index (χ4n) is 3.83. The van der Waals surface area contributed by atoms with Crippen LogP contribution in [0, 0.1) is 5.82 Å². The van der Waals surface area contributed by atoms with E-state index in [1.54, 1.807) is 31.4 Å². The molecule has 0 bridgehead atoms. The molecule has 9 heteroatoms. The predicted molar refractivity (Wildman–Crippen MR) is 129 cm³/mol. The molecule has 3 N–H and O–H groups in total. The smallest absolute Gasteiger partial charge is 0.318 e. The van der Waals surface area contributed by atoms with Crippen molar-refractivity contribution < 1.29 is 23.8 Å². The summed E-state index contributed by atoms with van der Waals surface area (Å²) in [5.41, 5.74) is 1.84. The Hall–Kier alpha value is -2.75. The maximum atomic E-state index is 14.7. The number of ether oxygens (including phenoxy) is 1. The summed E-state index contributed by atoms with van der Waals surface area (Å²) >= 11 is 0. The zero-order valence-electron chi connectivity index (χ0n) is 19.5. The van der Waals surface area contributed by atoms with E-state index in [4.69, 9.17) is 4.74 Å². The summed E-state index contributed by atoms with van der Waals surface area (Å²) < 4.78 is 19.8. The number of methoxy groups -OCH3 is 1. The topological polar surface area (TPSA) is 90.9 Å². The van der Waals surface area contributed by atoms with E-state index in [1.165, 1.54) is 11.0 Å². The van der Waals surface area contributed by atoms with E-state index >= 15 is 0 Å². The fourth-order valence-corrected chi connectivity index (χ4v) is 5.20. The Morgan fingerprint density at radius 1 is 1.21 bits per heavy atom. The van der Waals surface area contributed by atoms with Crippen molar-refractivity contribution in [1.82, 2.24) is 10.2 Å². The summed E-state index contributed by atoms with van der Waals surface area (Å²) in [4.78, 5) is 27.4. The van der Waals surface area contributed by atoms with Crippen LogP contribution < -0.4 is 15.8 Å². The Morgan fingerprint density at radius 3 is 2.45 bits per heavy atom. The van der Waals surface area contributed by atoms with Crippen LogP contribution >= 0.6 is 0 Å². The first kappa shape index (κ1) is 24.9. The normalized spacial score (nSPS) is 17.0. The van der Waals surface area contributed by atoms with Gasteiger partial charge in [-0.25, -0.2) is 9.18 Å². The van der Waals surface area contributed by atoms with Gasteiger partial charge in [-0.2, -0.15) is 0 Å². The van der Waals surface area contributed by atoms with E-state index in [2.05, 4.69) is 30.3 Å². The first-order valence-corrected chi connectivity index (χ1v) is 14.5. The number of anilines is 1. The lowest BCUT2D eigenvalue weighted by Crippen LogP contribution is -2.44. The number of aliphatic hydroxyl groups is 1. The maximum absolute atomic E-state index is 14.7. The number of nitrogens with one attached hydrogen (secondary N) is 2. The SMILES string of the molecule is COCc1ccc([C@@H](NC(=O)N2CC[C@@H](O)C2)C(=O)Nc2ccc([Si](C)(C)C)c(F)c2)cc1. The number of hydrogen-bond acceptors (Lipinski definition) is 4. The number of urea groups is 1. The third-order valence-corrected chi connectivity index (χ3v) is 7.67. The summed E-state index contributed by atoms with van der Waals surface area (Å²) in [6.45, 7) is 7.22. The van der Waals surface area contributed by atoms with Gasteiger partial charge in [0.25, 0.3) is 5.91 Å². The molecule has 7 nitrogen and oxygen atoms in total. The maximum Gasteiger partial charge on any atom is 0.318 e. The number of amides is 3. The molecule has 1 aliphatic heterocycles. The molecular weight excluding hydrogens is 441 g/mol. The minimum Gasteiger partial charge on any atom is -0.391 e. The van der Waals surface area contributed by atoms with Gasteiger partial charge in [-0.1, -0.05) is 50.0 Å². The number of carbonyl (C=O) groups excluding carboxylic acids is 2. The molecule has 2 atom stereocenters. The van der Waals surface area contributed by atoms with Crippen LogP contribution in [0.5, 0.6) is 0 Å². The summed E-state index contributed by atoms with van der Waals surface area (Å²) in [6, 6.07) is 10.5. The molecule has 33 heavy (non-hydrogen) atoms. The molecule has 2 aromatic rings. The number of hydrogen-bond donors (Lipinski definition) is 3. The average Bonchev–Trinajstić information content (AvgIpc) is 3.18. The molecule has 3 rings (SSSR count). The molecule has 1 saturated heterocycles. The van der Waals surface area contributed by atoms with Crippen LogP contribution in [-0.4, -0.2) is 56.3 Å². The highest BCUT2D eigenvalue weighted by Crippen LogP contribution is 2.20. The van der Waals surface area contributed by atoms with Gasteiger partial charge in [0, 0.05) is 25.9 Å². The number of carbonyl (C=O) groups is 2. The monoisotopic (exact) mass is 473 g/mol. The van der Waals surface area contributed by atoms with Gasteiger partial charge in [0.1, 0.15) is 11.9 Å². The van der Waals surface area contributed by atoms with Crippen LogP contribution in [0.15, 0.2) is 42.5 Å². The van der Waals surface area contributed by atoms with Crippen LogP contribution in [-0.2, 0) is 16.1 Å². The number of aliphatic hydroxyl groups excluding tert-OH is 1. The Bertz CT molecular complexity index is 994. The van der Waals surface area contributed by atoms with Crippen LogP contribution in [0.1, 0.15) is 23.6 Å². The van der Waals surface area contributed by atoms with E-state index in [1.807, 2.05) is 12.1 Å². The number of β-amino-alcohol motifs (C(OH)–C–C–N with tert-alkyl or cyclic N) is 1. The van der Waals surface area contributed by atoms with Gasteiger partial charge in [0.05, 0.1) is 20.8 Å². The molecule has 1 fully saturated rings. The van der Waals surface area contributed by atoms with Crippen LogP contribution in [0.25, 0.3) is 0 Å². The van der Waals surface area contributed by atoms with Crippen molar-refractivity contribution in [3.63, 3.8) is 0 Å². The number of rotatable bonds is 7. The van der Waals surface area contributed by atoms with Crippen molar-refractivity contribution in [3.8, 4) is 0 Å². The second-order valence-corrected chi connectivity index (χ2v) is 14.4. The fraction of sp³-hybridized carbons (Fsp3) is 0.417. The minimum atomic E-state index is -1.85. The largest absolute Gasteiger partial charge is 0.391 e. The van der Waals surface area contributed by atoms with Gasteiger partial charge < -0.3 is 25.4 Å². The van der Waals surface area contributed by atoms with E-state index in [0.29, 0.717) is 36.0 Å². The molecule has 1 heterocycles. The Balaban J connectivity index is 1.82. The van der Waals surface area contributed by atoms with E-state index in [9.17, 15) is 19.1 Å². The van der Waals surface area contributed by atoms with Crippen molar-refractivity contribution in [2.24, 2.45) is 0 Å². The summed E-state index contributed by atoms with van der Waals surface area (Å²) in [5.74, 6) is -0.828. The predicted octanol–water partition coefficient (Wildman–Crippen LogP) is 2.97. The molecule has 0 radical (unpaired) electrons. The number of likely N-dealkylation sites (tertiary alicyclic amines) is 1. The Morgan fingerprint density at radius 2 is 1.91 bits per heavy atom. The van der Waals surface area contributed by atoms with Crippen molar-refractivity contribution in [2.45, 2.75) is 44.8 Å². The molecule has 178 valence electrons. The Kier molecular flexibility index (Phi) is 7.88. The third-order valence-electron chi connectivity index (χ3n) is 5.65. The van der Waals surface area contributed by atoms with Crippen molar-refractivity contribution in [3.05, 3.63) is 59.4 Å². The zero-order chi connectivity index (χ0) is 24.2. The van der Waals surface area contributed by atoms with Gasteiger partial charge in [-0.05, 0) is 34.9 Å². The summed E-state index contributed by atoms with van der Waals surface area (Å²) in [7, 11) is -0.252. The van der Waals surface area contributed by atoms with Crippen LogP contribution in [0.3, 0.4) is 0 Å². The molecule has 0 unspecified atom stereocenters. The molecule has 3 amide bonds. The van der Waals surface area contributed by atoms with Crippen LogP contribution in [0.2, 0.25) is 19.6 Å². The molecule has 0 spiro atoms. The number of benzene rings is 2. The first-order valence-electron chi connectivity index (χ1n) is 11.0. The molecule has 1 aliphatic rings. The average molecular weight is 474 g/mol. The lowest BCUT2D eigenvalue weighted by molar-refractivity contribution is -0.118. The molecule has 0 saturated carbocycles. The molecule has 0 aliphatic carbocycles. The zero-order valence-corrected chi connectivity index (χ0v) is 20.5. The third kappa shape index (κ3) is 6.40. The lowest BCUT2D eigenvalue weighted by atomic mass is 10.0. The summed E-state index contributed by atoms with van der Waals surface area (Å²) in [6.07, 6.45) is -0.0668. The second kappa shape index (κ2) is 10.5. The highest BCUT2D eigenvalue weighted by atomic mass is 28.3. The quantitative estimate of drug-likeness (QED) is 0.539. The number of nitrogens with zero attached hydrogens (tertiary/aromatic N) is 1. The van der Waals surface area contributed by atoms with Gasteiger partial charge in [-0.15, -0.1) is 0 Å². The molecular formula is C24H32FN3O4Si. The van der Waals surface area contributed by atoms with Gasteiger partial charge in [-0.3, -0.25) is 4.79 Å². The highest BCUT2D eigenvalue weighted by Gasteiger charge is 2.30. The minimum absolute atomic E-state index is 0.219.